The second-order valence-corrected chi connectivity index (χ2v) is 7.67. The summed E-state index contributed by atoms with van der Waals surface area (Å²) in [6.07, 6.45) is 0. The van der Waals surface area contributed by atoms with Gasteiger partial charge >= 0.3 is 0 Å². The Bertz CT molecular complexity index is 1210. The maximum absolute atomic E-state index is 13.3. The molecule has 0 radical (unpaired) electrons. The monoisotopic (exact) mass is 394 g/mol. The molecule has 28 heavy (non-hydrogen) atoms. The van der Waals surface area contributed by atoms with Gasteiger partial charge in [-0.15, -0.1) is 10.2 Å². The van der Waals surface area contributed by atoms with Crippen LogP contribution in [0.3, 0.4) is 0 Å². The SMILES string of the molecule is CCOCCSc1nnc2n(-c3ccc(C)cc3C)c(=O)c3ccccc3n12. The number of aryl methyl sites for hydroxylation is 2. The molecule has 144 valence electrons. The number of ether oxygens (including phenoxy) is 1. The minimum atomic E-state index is -0.0895. The molecule has 0 aliphatic rings. The predicted molar refractivity (Wildman–Crippen MR) is 113 cm³/mol. The highest BCUT2D eigenvalue weighted by atomic mass is 32.2. The molecule has 0 fully saturated rings. The Morgan fingerprint density at radius 1 is 1.11 bits per heavy atom. The van der Waals surface area contributed by atoms with Crippen LogP contribution < -0.4 is 5.56 Å². The van der Waals surface area contributed by atoms with E-state index in [1.54, 1.807) is 16.3 Å². The Morgan fingerprint density at radius 2 is 1.93 bits per heavy atom. The molecule has 0 spiro atoms. The molecule has 6 nitrogen and oxygen atoms in total. The molecule has 4 rings (SSSR count). The first-order chi connectivity index (χ1) is 13.6. The van der Waals surface area contributed by atoms with Crippen molar-refractivity contribution in [2.75, 3.05) is 19.0 Å². The molecule has 2 heterocycles. The van der Waals surface area contributed by atoms with Gasteiger partial charge in [0.1, 0.15) is 0 Å². The van der Waals surface area contributed by atoms with Crippen LogP contribution in [0.15, 0.2) is 52.4 Å². The second kappa shape index (κ2) is 7.77. The van der Waals surface area contributed by atoms with Gasteiger partial charge in [0.2, 0.25) is 5.78 Å². The van der Waals surface area contributed by atoms with Crippen LogP contribution in [-0.2, 0) is 4.74 Å². The number of hydrogen-bond donors (Lipinski definition) is 0. The van der Waals surface area contributed by atoms with Crippen molar-refractivity contribution >= 4 is 28.4 Å². The van der Waals surface area contributed by atoms with Crippen molar-refractivity contribution in [3.63, 3.8) is 0 Å². The summed E-state index contributed by atoms with van der Waals surface area (Å²) in [6.45, 7) is 7.36. The van der Waals surface area contributed by atoms with Gasteiger partial charge in [0.05, 0.1) is 23.2 Å². The second-order valence-electron chi connectivity index (χ2n) is 6.61. The first-order valence-electron chi connectivity index (χ1n) is 9.29. The van der Waals surface area contributed by atoms with Crippen molar-refractivity contribution in [1.82, 2.24) is 19.2 Å². The molecule has 0 N–H and O–H groups in total. The van der Waals surface area contributed by atoms with Gasteiger partial charge in [-0.25, -0.2) is 4.57 Å². The van der Waals surface area contributed by atoms with E-state index in [2.05, 4.69) is 16.3 Å². The van der Waals surface area contributed by atoms with Crippen LogP contribution in [0.5, 0.6) is 0 Å². The lowest BCUT2D eigenvalue weighted by molar-refractivity contribution is 0.164. The summed E-state index contributed by atoms with van der Waals surface area (Å²) >= 11 is 1.58. The van der Waals surface area contributed by atoms with Gasteiger partial charge < -0.3 is 4.74 Å². The minimum absolute atomic E-state index is 0.0895. The van der Waals surface area contributed by atoms with E-state index < -0.39 is 0 Å². The molecule has 0 saturated carbocycles. The third-order valence-electron chi connectivity index (χ3n) is 4.65. The van der Waals surface area contributed by atoms with Gasteiger partial charge in [0.15, 0.2) is 5.16 Å². The number of para-hydroxylation sites is 1. The highest BCUT2D eigenvalue weighted by Gasteiger charge is 2.18. The normalized spacial score (nSPS) is 11.5. The predicted octanol–water partition coefficient (Wildman–Crippen LogP) is 3.78. The third kappa shape index (κ3) is 3.21. The Labute approximate surface area is 167 Å². The lowest BCUT2D eigenvalue weighted by atomic mass is 10.1. The van der Waals surface area contributed by atoms with Crippen LogP contribution in [0.2, 0.25) is 0 Å². The maximum atomic E-state index is 13.3. The number of benzene rings is 2. The fourth-order valence-electron chi connectivity index (χ4n) is 3.38. The molecular weight excluding hydrogens is 372 g/mol. The van der Waals surface area contributed by atoms with Gasteiger partial charge in [0.25, 0.3) is 5.56 Å². The summed E-state index contributed by atoms with van der Waals surface area (Å²) < 4.78 is 9.07. The molecule has 0 aliphatic carbocycles. The van der Waals surface area contributed by atoms with Crippen LogP contribution in [0.1, 0.15) is 18.1 Å². The summed E-state index contributed by atoms with van der Waals surface area (Å²) in [6, 6.07) is 13.6. The van der Waals surface area contributed by atoms with Crippen molar-refractivity contribution in [2.45, 2.75) is 25.9 Å². The highest BCUT2D eigenvalue weighted by molar-refractivity contribution is 7.99. The van der Waals surface area contributed by atoms with Gasteiger partial charge in [-0.2, -0.15) is 0 Å². The third-order valence-corrected chi connectivity index (χ3v) is 5.54. The lowest BCUT2D eigenvalue weighted by Crippen LogP contribution is -2.22. The zero-order chi connectivity index (χ0) is 19.7. The molecule has 0 atom stereocenters. The van der Waals surface area contributed by atoms with E-state index >= 15 is 0 Å². The van der Waals surface area contributed by atoms with Gasteiger partial charge in [-0.3, -0.25) is 9.20 Å². The van der Waals surface area contributed by atoms with Crippen molar-refractivity contribution in [3.8, 4) is 5.69 Å². The van der Waals surface area contributed by atoms with Crippen LogP contribution in [0, 0.1) is 13.8 Å². The maximum Gasteiger partial charge on any atom is 0.267 e. The Kier molecular flexibility index (Phi) is 5.19. The van der Waals surface area contributed by atoms with E-state index in [9.17, 15) is 4.79 Å². The molecule has 0 unspecified atom stereocenters. The molecule has 0 saturated heterocycles. The van der Waals surface area contributed by atoms with E-state index in [1.165, 1.54) is 0 Å². The fraction of sp³-hybridized carbons (Fsp3) is 0.286. The summed E-state index contributed by atoms with van der Waals surface area (Å²) in [5.41, 5.74) is 3.72. The Hall–Kier alpha value is -2.64. The molecule has 0 bridgehead atoms. The number of thioether (sulfide) groups is 1. The zero-order valence-electron chi connectivity index (χ0n) is 16.2. The number of rotatable bonds is 6. The summed E-state index contributed by atoms with van der Waals surface area (Å²) in [7, 11) is 0. The van der Waals surface area contributed by atoms with Crippen molar-refractivity contribution in [3.05, 3.63) is 63.9 Å². The summed E-state index contributed by atoms with van der Waals surface area (Å²) in [4.78, 5) is 13.3. The lowest BCUT2D eigenvalue weighted by Gasteiger charge is -2.13. The number of hydrogen-bond acceptors (Lipinski definition) is 5. The minimum Gasteiger partial charge on any atom is -0.381 e. The van der Waals surface area contributed by atoms with Gasteiger partial charge in [-0.1, -0.05) is 41.6 Å². The largest absolute Gasteiger partial charge is 0.381 e. The van der Waals surface area contributed by atoms with E-state index in [1.807, 2.05) is 61.6 Å². The molecule has 2 aromatic heterocycles. The highest BCUT2D eigenvalue weighted by Crippen LogP contribution is 2.24. The average molecular weight is 395 g/mol. The quantitative estimate of drug-likeness (QED) is 0.368. The average Bonchev–Trinajstić information content (AvgIpc) is 3.11. The van der Waals surface area contributed by atoms with Crippen LogP contribution in [0.25, 0.3) is 22.4 Å². The summed E-state index contributed by atoms with van der Waals surface area (Å²) in [5.74, 6) is 1.29. The van der Waals surface area contributed by atoms with Crippen LogP contribution in [0.4, 0.5) is 0 Å². The fourth-order valence-corrected chi connectivity index (χ4v) is 4.17. The number of nitrogens with zero attached hydrogens (tertiary/aromatic N) is 4. The zero-order valence-corrected chi connectivity index (χ0v) is 17.0. The molecule has 2 aromatic carbocycles. The van der Waals surface area contributed by atoms with Crippen molar-refractivity contribution < 1.29 is 4.74 Å². The van der Waals surface area contributed by atoms with E-state index in [0.717, 1.165) is 33.2 Å². The molecule has 4 aromatic rings. The smallest absolute Gasteiger partial charge is 0.267 e. The van der Waals surface area contributed by atoms with E-state index in [0.29, 0.717) is 24.4 Å². The Balaban J connectivity index is 1.98. The molecule has 0 aliphatic heterocycles. The summed E-state index contributed by atoms with van der Waals surface area (Å²) in [5, 5.41) is 10.2. The number of fused-ring (bicyclic) bond motifs is 3. The molecular formula is C21H22N4O2S. The standard InChI is InChI=1S/C21H22N4O2S/c1-4-27-11-12-28-21-23-22-20-24(17-10-9-14(2)13-15(17)3)19(26)16-7-5-6-8-18(16)25(20)21/h5-10,13H,4,11-12H2,1-3H3. The van der Waals surface area contributed by atoms with Crippen LogP contribution >= 0.6 is 11.8 Å². The van der Waals surface area contributed by atoms with E-state index in [4.69, 9.17) is 4.74 Å². The van der Waals surface area contributed by atoms with Crippen molar-refractivity contribution in [2.24, 2.45) is 0 Å². The van der Waals surface area contributed by atoms with Gasteiger partial charge in [-0.05, 0) is 44.5 Å². The number of aromatic nitrogens is 4. The topological polar surface area (TPSA) is 61.4 Å². The first-order valence-corrected chi connectivity index (χ1v) is 10.3. The molecule has 7 heteroatoms. The first kappa shape index (κ1) is 18.7. The molecule has 0 amide bonds. The van der Waals surface area contributed by atoms with Crippen LogP contribution in [-0.4, -0.2) is 38.1 Å². The van der Waals surface area contributed by atoms with E-state index in [-0.39, 0.29) is 5.56 Å². The van der Waals surface area contributed by atoms with Gasteiger partial charge in [0, 0.05) is 12.4 Å². The Morgan fingerprint density at radius 3 is 2.71 bits per heavy atom. The van der Waals surface area contributed by atoms with Crippen molar-refractivity contribution in [1.29, 1.82) is 0 Å².